The molecule has 0 N–H and O–H groups in total. The van der Waals surface area contributed by atoms with E-state index in [9.17, 15) is 9.59 Å². The van der Waals surface area contributed by atoms with Crippen LogP contribution in [0, 0.1) is 11.3 Å². The van der Waals surface area contributed by atoms with Crippen molar-refractivity contribution >= 4 is 5.91 Å². The molecule has 1 aliphatic carbocycles. The van der Waals surface area contributed by atoms with E-state index in [0.717, 1.165) is 31.5 Å². The Morgan fingerprint density at radius 3 is 2.69 bits per heavy atom. The zero-order chi connectivity index (χ0) is 20.4. The van der Waals surface area contributed by atoms with Crippen LogP contribution < -0.4 is 5.69 Å². The van der Waals surface area contributed by atoms with Gasteiger partial charge in [0, 0.05) is 37.7 Å². The molecule has 1 aromatic carbocycles. The molecule has 0 bridgehead atoms. The van der Waals surface area contributed by atoms with Crippen molar-refractivity contribution in [2.24, 2.45) is 0 Å². The molecule has 1 amide bonds. The van der Waals surface area contributed by atoms with Gasteiger partial charge in [-0.15, -0.1) is 0 Å². The van der Waals surface area contributed by atoms with E-state index < -0.39 is 0 Å². The Hall–Kier alpha value is -2.92. The Kier molecular flexibility index (Phi) is 5.49. The predicted molar refractivity (Wildman–Crippen MR) is 106 cm³/mol. The van der Waals surface area contributed by atoms with Gasteiger partial charge in [-0.25, -0.2) is 9.48 Å². The van der Waals surface area contributed by atoms with Crippen LogP contribution in [-0.2, 0) is 11.3 Å². The Morgan fingerprint density at radius 2 is 2.03 bits per heavy atom. The van der Waals surface area contributed by atoms with Crippen LogP contribution in [0.5, 0.6) is 0 Å². The third-order valence-corrected chi connectivity index (χ3v) is 5.65. The lowest BCUT2D eigenvalue weighted by Gasteiger charge is -2.32. The minimum Gasteiger partial charge on any atom is -0.383 e. The van der Waals surface area contributed by atoms with Gasteiger partial charge in [-0.05, 0) is 49.9 Å². The highest BCUT2D eigenvalue weighted by molar-refractivity contribution is 5.94. The minimum absolute atomic E-state index is 0.0432. The Balaban J connectivity index is 1.56. The minimum atomic E-state index is -0.0740. The van der Waals surface area contributed by atoms with Crippen molar-refractivity contribution in [3.63, 3.8) is 0 Å². The summed E-state index contributed by atoms with van der Waals surface area (Å²) in [6.07, 6.45) is 3.79. The molecule has 2 aromatic rings. The summed E-state index contributed by atoms with van der Waals surface area (Å²) in [5, 5.41) is 13.6. The fourth-order valence-corrected chi connectivity index (χ4v) is 3.96. The number of benzene rings is 1. The first-order chi connectivity index (χ1) is 14.1. The maximum atomic E-state index is 13.0. The fraction of sp³-hybridized carbons (Fsp3) is 0.524. The van der Waals surface area contributed by atoms with Crippen LogP contribution >= 0.6 is 0 Å². The van der Waals surface area contributed by atoms with E-state index in [1.807, 2.05) is 9.47 Å². The van der Waals surface area contributed by atoms with Gasteiger partial charge in [0.2, 0.25) is 0 Å². The summed E-state index contributed by atoms with van der Waals surface area (Å²) in [5.41, 5.74) is 1.04. The van der Waals surface area contributed by atoms with Crippen LogP contribution in [0.1, 0.15) is 59.4 Å². The Bertz CT molecular complexity index is 981. The number of amides is 1. The van der Waals surface area contributed by atoms with Gasteiger partial charge in [-0.3, -0.25) is 9.36 Å². The van der Waals surface area contributed by atoms with E-state index in [4.69, 9.17) is 10.00 Å². The largest absolute Gasteiger partial charge is 0.383 e. The molecule has 1 aromatic heterocycles. The quantitative estimate of drug-likeness (QED) is 0.745. The Labute approximate surface area is 169 Å². The molecule has 2 aliphatic rings. The van der Waals surface area contributed by atoms with E-state index in [1.165, 1.54) is 4.68 Å². The van der Waals surface area contributed by atoms with Gasteiger partial charge in [0.05, 0.1) is 24.8 Å². The summed E-state index contributed by atoms with van der Waals surface area (Å²) in [6, 6.07) is 9.03. The first-order valence-electron chi connectivity index (χ1n) is 10.1. The molecule has 8 nitrogen and oxygen atoms in total. The van der Waals surface area contributed by atoms with Gasteiger partial charge in [0.15, 0.2) is 0 Å². The van der Waals surface area contributed by atoms with E-state index in [0.29, 0.717) is 37.4 Å². The van der Waals surface area contributed by atoms with Gasteiger partial charge in [-0.2, -0.15) is 10.4 Å². The van der Waals surface area contributed by atoms with Crippen molar-refractivity contribution in [2.75, 3.05) is 26.8 Å². The molecule has 1 saturated heterocycles. The summed E-state index contributed by atoms with van der Waals surface area (Å²) in [5.74, 6) is 0.799. The first kappa shape index (κ1) is 19.4. The maximum Gasteiger partial charge on any atom is 0.346 e. The summed E-state index contributed by atoms with van der Waals surface area (Å²) in [7, 11) is 1.61. The zero-order valence-corrected chi connectivity index (χ0v) is 16.6. The van der Waals surface area contributed by atoms with Crippen molar-refractivity contribution in [3.05, 3.63) is 51.7 Å². The molecule has 1 saturated carbocycles. The number of carbonyl (C=O) groups is 1. The fourth-order valence-electron chi connectivity index (χ4n) is 3.96. The van der Waals surface area contributed by atoms with Gasteiger partial charge >= 0.3 is 5.69 Å². The average Bonchev–Trinajstić information content (AvgIpc) is 3.55. The molecular formula is C21H25N5O3. The van der Waals surface area contributed by atoms with Crippen LogP contribution in [0.3, 0.4) is 0 Å². The van der Waals surface area contributed by atoms with Crippen molar-refractivity contribution in [1.82, 2.24) is 19.2 Å². The number of aromatic nitrogens is 3. The standard InChI is InChI=1S/C21H25N5O3/c1-29-12-11-25-21(28)26(18-8-9-18)19(23-25)17-3-2-10-24(14-17)20(27)16-6-4-15(13-22)5-7-16/h4-7,17-18H,2-3,8-12,14H2,1H3. The van der Waals surface area contributed by atoms with Crippen LogP contribution in [-0.4, -0.2) is 52.0 Å². The highest BCUT2D eigenvalue weighted by atomic mass is 16.5. The molecule has 4 rings (SSSR count). The van der Waals surface area contributed by atoms with Gasteiger partial charge < -0.3 is 9.64 Å². The van der Waals surface area contributed by atoms with E-state index in [2.05, 4.69) is 11.2 Å². The molecule has 1 atom stereocenters. The molecule has 0 spiro atoms. The smallest absolute Gasteiger partial charge is 0.346 e. The Morgan fingerprint density at radius 1 is 1.28 bits per heavy atom. The number of hydrogen-bond donors (Lipinski definition) is 0. The van der Waals surface area contributed by atoms with Gasteiger partial charge in [-0.1, -0.05) is 0 Å². The van der Waals surface area contributed by atoms with Crippen molar-refractivity contribution in [1.29, 1.82) is 5.26 Å². The number of likely N-dealkylation sites (tertiary alicyclic amines) is 1. The molecule has 29 heavy (non-hydrogen) atoms. The highest BCUT2D eigenvalue weighted by Crippen LogP contribution is 2.37. The van der Waals surface area contributed by atoms with E-state index >= 15 is 0 Å². The lowest BCUT2D eigenvalue weighted by molar-refractivity contribution is 0.0703. The maximum absolute atomic E-state index is 13.0. The first-order valence-corrected chi connectivity index (χ1v) is 10.1. The van der Waals surface area contributed by atoms with Crippen molar-refractivity contribution in [3.8, 4) is 6.07 Å². The summed E-state index contributed by atoms with van der Waals surface area (Å²) in [4.78, 5) is 27.6. The van der Waals surface area contributed by atoms with E-state index in [1.54, 1.807) is 31.4 Å². The number of ether oxygens (including phenoxy) is 1. The molecule has 1 aliphatic heterocycles. The second kappa shape index (κ2) is 8.21. The van der Waals surface area contributed by atoms with Crippen LogP contribution in [0.2, 0.25) is 0 Å². The molecule has 0 radical (unpaired) electrons. The number of carbonyl (C=O) groups excluding carboxylic acids is 1. The number of nitrogens with zero attached hydrogens (tertiary/aromatic N) is 5. The molecule has 8 heteroatoms. The second-order valence-corrected chi connectivity index (χ2v) is 7.74. The third kappa shape index (κ3) is 3.96. The molecule has 2 fully saturated rings. The van der Waals surface area contributed by atoms with Crippen molar-refractivity contribution < 1.29 is 9.53 Å². The number of rotatable bonds is 6. The van der Waals surface area contributed by atoms with E-state index in [-0.39, 0.29) is 23.6 Å². The van der Waals surface area contributed by atoms with Crippen LogP contribution in [0.25, 0.3) is 0 Å². The monoisotopic (exact) mass is 395 g/mol. The van der Waals surface area contributed by atoms with Crippen LogP contribution in [0.15, 0.2) is 29.1 Å². The topological polar surface area (TPSA) is 93.2 Å². The number of methoxy groups -OCH3 is 1. The SMILES string of the molecule is COCCn1nc(C2CCCN(C(=O)c3ccc(C#N)cc3)C2)n(C2CC2)c1=O. The second-order valence-electron chi connectivity index (χ2n) is 7.74. The van der Waals surface area contributed by atoms with Gasteiger partial charge in [0.25, 0.3) is 5.91 Å². The summed E-state index contributed by atoms with van der Waals surface area (Å²) < 4.78 is 8.45. The van der Waals surface area contributed by atoms with Gasteiger partial charge in [0.1, 0.15) is 5.82 Å². The average molecular weight is 395 g/mol. The van der Waals surface area contributed by atoms with Crippen LogP contribution in [0.4, 0.5) is 0 Å². The summed E-state index contributed by atoms with van der Waals surface area (Å²) >= 11 is 0. The number of piperidine rings is 1. The molecule has 1 unspecified atom stereocenters. The zero-order valence-electron chi connectivity index (χ0n) is 16.6. The lowest BCUT2D eigenvalue weighted by atomic mass is 9.96. The molecular weight excluding hydrogens is 370 g/mol. The highest BCUT2D eigenvalue weighted by Gasteiger charge is 2.35. The molecule has 2 heterocycles. The predicted octanol–water partition coefficient (Wildman–Crippen LogP) is 1.92. The summed E-state index contributed by atoms with van der Waals surface area (Å²) in [6.45, 7) is 2.11. The number of nitriles is 1. The third-order valence-electron chi connectivity index (χ3n) is 5.65. The lowest BCUT2D eigenvalue weighted by Crippen LogP contribution is -2.40. The number of hydrogen-bond acceptors (Lipinski definition) is 5. The molecule has 152 valence electrons. The normalized spacial score (nSPS) is 19.2. The van der Waals surface area contributed by atoms with Crippen molar-refractivity contribution in [2.45, 2.75) is 44.2 Å².